The average Bonchev–Trinajstić information content (AvgIpc) is 2.33. The van der Waals surface area contributed by atoms with Crippen LogP contribution in [0, 0.1) is 17.7 Å². The van der Waals surface area contributed by atoms with E-state index in [0.717, 1.165) is 12.8 Å². The third-order valence-corrected chi connectivity index (χ3v) is 4.98. The molecule has 0 bridgehead atoms. The molecule has 19 heavy (non-hydrogen) atoms. The SMILES string of the molecule is CC1CCCC(C(C)(N)c2cc(F)c(Cl)cc2Cl)C1. The summed E-state index contributed by atoms with van der Waals surface area (Å²) in [5.41, 5.74) is 6.55. The highest BCUT2D eigenvalue weighted by Crippen LogP contribution is 2.42. The van der Waals surface area contributed by atoms with E-state index in [0.29, 0.717) is 22.4 Å². The van der Waals surface area contributed by atoms with Crippen molar-refractivity contribution in [2.45, 2.75) is 45.1 Å². The Bertz CT molecular complexity index is 473. The van der Waals surface area contributed by atoms with Gasteiger partial charge in [-0.05, 0) is 49.3 Å². The lowest BCUT2D eigenvalue weighted by Crippen LogP contribution is -2.43. The molecule has 1 saturated carbocycles. The molecule has 2 rings (SSSR count). The zero-order chi connectivity index (χ0) is 14.2. The van der Waals surface area contributed by atoms with Crippen LogP contribution in [0.25, 0.3) is 0 Å². The maximum atomic E-state index is 13.7. The van der Waals surface area contributed by atoms with Gasteiger partial charge in [-0.3, -0.25) is 0 Å². The van der Waals surface area contributed by atoms with E-state index in [9.17, 15) is 4.39 Å². The highest BCUT2D eigenvalue weighted by atomic mass is 35.5. The molecule has 0 spiro atoms. The molecule has 0 aromatic heterocycles. The highest BCUT2D eigenvalue weighted by Gasteiger charge is 2.36. The molecule has 1 aromatic rings. The van der Waals surface area contributed by atoms with Gasteiger partial charge in [0.2, 0.25) is 0 Å². The Morgan fingerprint density at radius 2 is 1.95 bits per heavy atom. The number of hydrogen-bond acceptors (Lipinski definition) is 1. The molecule has 4 heteroatoms. The lowest BCUT2D eigenvalue weighted by molar-refractivity contribution is 0.184. The monoisotopic (exact) mass is 303 g/mol. The lowest BCUT2D eigenvalue weighted by atomic mass is 9.70. The molecular weight excluding hydrogens is 284 g/mol. The number of benzene rings is 1. The van der Waals surface area contributed by atoms with Crippen molar-refractivity contribution in [2.24, 2.45) is 17.6 Å². The first-order valence-corrected chi connectivity index (χ1v) is 7.52. The van der Waals surface area contributed by atoms with Crippen LogP contribution in [-0.4, -0.2) is 0 Å². The minimum atomic E-state index is -0.614. The van der Waals surface area contributed by atoms with Gasteiger partial charge in [0.15, 0.2) is 0 Å². The third kappa shape index (κ3) is 3.07. The minimum Gasteiger partial charge on any atom is -0.321 e. The molecule has 1 fully saturated rings. The van der Waals surface area contributed by atoms with Crippen LogP contribution in [0.1, 0.15) is 45.1 Å². The molecule has 2 N–H and O–H groups in total. The molecule has 1 aliphatic rings. The Kier molecular flexibility index (Phi) is 4.44. The topological polar surface area (TPSA) is 26.0 Å². The second-order valence-corrected chi connectivity index (χ2v) is 6.81. The lowest BCUT2D eigenvalue weighted by Gasteiger charge is -2.39. The summed E-state index contributed by atoms with van der Waals surface area (Å²) in [5, 5.41) is 0.496. The molecule has 3 unspecified atom stereocenters. The predicted molar refractivity (Wildman–Crippen MR) is 79.1 cm³/mol. The standard InChI is InChI=1S/C15H20Cl2FN/c1-9-4-3-5-10(6-9)15(2,19)11-7-14(18)13(17)8-12(11)16/h7-10H,3-6,19H2,1-2H3. The Balaban J connectivity index is 2.35. The first-order chi connectivity index (χ1) is 8.82. The van der Waals surface area contributed by atoms with Gasteiger partial charge in [0.05, 0.1) is 5.02 Å². The van der Waals surface area contributed by atoms with Crippen LogP contribution in [0.2, 0.25) is 10.0 Å². The van der Waals surface area contributed by atoms with Crippen LogP contribution in [0.3, 0.4) is 0 Å². The van der Waals surface area contributed by atoms with Crippen LogP contribution in [-0.2, 0) is 5.54 Å². The second-order valence-electron chi connectivity index (χ2n) is 6.00. The molecule has 1 aliphatic carbocycles. The van der Waals surface area contributed by atoms with Crippen molar-refractivity contribution >= 4 is 23.2 Å². The van der Waals surface area contributed by atoms with Gasteiger partial charge in [0.25, 0.3) is 0 Å². The summed E-state index contributed by atoms with van der Waals surface area (Å²) in [4.78, 5) is 0. The molecule has 3 atom stereocenters. The van der Waals surface area contributed by atoms with E-state index in [1.807, 2.05) is 6.92 Å². The minimum absolute atomic E-state index is 0.0431. The Morgan fingerprint density at radius 3 is 2.58 bits per heavy atom. The van der Waals surface area contributed by atoms with Gasteiger partial charge in [0, 0.05) is 10.6 Å². The van der Waals surface area contributed by atoms with Gasteiger partial charge < -0.3 is 5.73 Å². The first-order valence-electron chi connectivity index (χ1n) is 6.76. The first kappa shape index (κ1) is 15.1. The number of rotatable bonds is 2. The quantitative estimate of drug-likeness (QED) is 0.753. The number of nitrogens with two attached hydrogens (primary N) is 1. The van der Waals surface area contributed by atoms with Gasteiger partial charge in [-0.15, -0.1) is 0 Å². The van der Waals surface area contributed by atoms with Gasteiger partial charge in [-0.2, -0.15) is 0 Å². The molecule has 0 radical (unpaired) electrons. The van der Waals surface area contributed by atoms with Gasteiger partial charge in [-0.25, -0.2) is 4.39 Å². The molecule has 0 aliphatic heterocycles. The van der Waals surface area contributed by atoms with E-state index < -0.39 is 11.4 Å². The largest absolute Gasteiger partial charge is 0.321 e. The Labute approximate surface area is 124 Å². The second kappa shape index (κ2) is 5.59. The van der Waals surface area contributed by atoms with Crippen LogP contribution in [0.5, 0.6) is 0 Å². The zero-order valence-electron chi connectivity index (χ0n) is 11.3. The normalized spacial score (nSPS) is 27.1. The molecule has 0 heterocycles. The maximum Gasteiger partial charge on any atom is 0.142 e. The van der Waals surface area contributed by atoms with Crippen LogP contribution in [0.15, 0.2) is 12.1 Å². The fourth-order valence-electron chi connectivity index (χ4n) is 3.13. The van der Waals surface area contributed by atoms with Crippen LogP contribution >= 0.6 is 23.2 Å². The van der Waals surface area contributed by atoms with Gasteiger partial charge >= 0.3 is 0 Å². The summed E-state index contributed by atoms with van der Waals surface area (Å²) in [6.07, 6.45) is 4.55. The number of hydrogen-bond donors (Lipinski definition) is 1. The summed E-state index contributed by atoms with van der Waals surface area (Å²) < 4.78 is 13.7. The van der Waals surface area contributed by atoms with Crippen molar-refractivity contribution in [2.75, 3.05) is 0 Å². The Hall–Kier alpha value is -0.310. The van der Waals surface area contributed by atoms with E-state index >= 15 is 0 Å². The van der Waals surface area contributed by atoms with Gasteiger partial charge in [0.1, 0.15) is 5.82 Å². The van der Waals surface area contributed by atoms with Crippen molar-refractivity contribution in [1.29, 1.82) is 0 Å². The maximum absolute atomic E-state index is 13.7. The van der Waals surface area contributed by atoms with E-state index in [-0.39, 0.29) is 5.02 Å². The van der Waals surface area contributed by atoms with E-state index in [1.165, 1.54) is 25.0 Å². The number of halogens is 3. The third-order valence-electron chi connectivity index (χ3n) is 4.37. The molecule has 1 nitrogen and oxygen atoms in total. The van der Waals surface area contributed by atoms with Crippen LogP contribution < -0.4 is 5.73 Å². The van der Waals surface area contributed by atoms with Crippen molar-refractivity contribution in [3.8, 4) is 0 Å². The van der Waals surface area contributed by atoms with Gasteiger partial charge in [-0.1, -0.05) is 43.0 Å². The van der Waals surface area contributed by atoms with E-state index in [4.69, 9.17) is 28.9 Å². The molecule has 0 saturated heterocycles. The summed E-state index contributed by atoms with van der Waals surface area (Å²) in [6, 6.07) is 2.84. The van der Waals surface area contributed by atoms with Crippen molar-refractivity contribution in [3.63, 3.8) is 0 Å². The van der Waals surface area contributed by atoms with Crippen LogP contribution in [0.4, 0.5) is 4.39 Å². The highest BCUT2D eigenvalue weighted by molar-refractivity contribution is 6.35. The summed E-state index contributed by atoms with van der Waals surface area (Å²) >= 11 is 12.0. The molecule has 0 amide bonds. The molecule has 1 aromatic carbocycles. The zero-order valence-corrected chi connectivity index (χ0v) is 12.9. The average molecular weight is 304 g/mol. The predicted octanol–water partition coefficient (Wildman–Crippen LogP) is 5.13. The van der Waals surface area contributed by atoms with Crippen molar-refractivity contribution < 1.29 is 4.39 Å². The summed E-state index contributed by atoms with van der Waals surface area (Å²) in [5.74, 6) is 0.536. The summed E-state index contributed by atoms with van der Waals surface area (Å²) in [7, 11) is 0. The fourth-order valence-corrected chi connectivity index (χ4v) is 3.72. The molecular formula is C15H20Cl2FN. The Morgan fingerprint density at radius 1 is 1.26 bits per heavy atom. The molecule has 106 valence electrons. The van der Waals surface area contributed by atoms with Crippen molar-refractivity contribution in [1.82, 2.24) is 0 Å². The fraction of sp³-hybridized carbons (Fsp3) is 0.600. The smallest absolute Gasteiger partial charge is 0.142 e. The van der Waals surface area contributed by atoms with E-state index in [1.54, 1.807) is 0 Å². The summed E-state index contributed by atoms with van der Waals surface area (Å²) in [6.45, 7) is 4.19. The van der Waals surface area contributed by atoms with E-state index in [2.05, 4.69) is 6.92 Å². The van der Waals surface area contributed by atoms with Crippen molar-refractivity contribution in [3.05, 3.63) is 33.6 Å².